The average Bonchev–Trinajstić information content (AvgIpc) is 2.52. The SMILES string of the molecule is O=C(CSc1ccccc1)NCc1ccccc1CO. The highest BCUT2D eigenvalue weighted by Crippen LogP contribution is 2.16. The molecule has 4 heteroatoms. The summed E-state index contributed by atoms with van der Waals surface area (Å²) < 4.78 is 0. The average molecular weight is 287 g/mol. The topological polar surface area (TPSA) is 49.3 Å². The van der Waals surface area contributed by atoms with Gasteiger partial charge in [0.05, 0.1) is 12.4 Å². The second-order valence-electron chi connectivity index (χ2n) is 4.31. The number of aliphatic hydroxyl groups excluding tert-OH is 1. The Kier molecular flexibility index (Phi) is 5.65. The van der Waals surface area contributed by atoms with Gasteiger partial charge >= 0.3 is 0 Å². The first-order valence-electron chi connectivity index (χ1n) is 6.42. The molecule has 0 unspecified atom stereocenters. The minimum atomic E-state index is -0.00912. The molecule has 0 radical (unpaired) electrons. The molecule has 3 nitrogen and oxygen atoms in total. The molecular weight excluding hydrogens is 270 g/mol. The van der Waals surface area contributed by atoms with Crippen molar-refractivity contribution in [1.29, 1.82) is 0 Å². The zero-order valence-electron chi connectivity index (χ0n) is 11.1. The lowest BCUT2D eigenvalue weighted by atomic mass is 10.1. The molecule has 0 aliphatic heterocycles. The quantitative estimate of drug-likeness (QED) is 0.803. The van der Waals surface area contributed by atoms with Crippen molar-refractivity contribution in [2.75, 3.05) is 5.75 Å². The first-order chi connectivity index (χ1) is 9.79. The first-order valence-corrected chi connectivity index (χ1v) is 7.40. The molecule has 20 heavy (non-hydrogen) atoms. The van der Waals surface area contributed by atoms with E-state index in [-0.39, 0.29) is 12.5 Å². The van der Waals surface area contributed by atoms with E-state index in [1.54, 1.807) is 0 Å². The fraction of sp³-hybridized carbons (Fsp3) is 0.188. The van der Waals surface area contributed by atoms with E-state index in [1.807, 2.05) is 54.6 Å². The van der Waals surface area contributed by atoms with Crippen molar-refractivity contribution in [3.63, 3.8) is 0 Å². The van der Waals surface area contributed by atoms with Gasteiger partial charge < -0.3 is 10.4 Å². The van der Waals surface area contributed by atoms with Crippen molar-refractivity contribution < 1.29 is 9.90 Å². The van der Waals surface area contributed by atoms with Crippen LogP contribution in [0.25, 0.3) is 0 Å². The highest BCUT2D eigenvalue weighted by molar-refractivity contribution is 8.00. The van der Waals surface area contributed by atoms with Gasteiger partial charge in [-0.25, -0.2) is 0 Å². The number of aliphatic hydroxyl groups is 1. The fourth-order valence-electron chi connectivity index (χ4n) is 1.79. The molecule has 0 aromatic heterocycles. The smallest absolute Gasteiger partial charge is 0.230 e. The molecule has 0 spiro atoms. The summed E-state index contributed by atoms with van der Waals surface area (Å²) >= 11 is 1.51. The number of hydrogen-bond acceptors (Lipinski definition) is 3. The molecule has 0 saturated heterocycles. The molecule has 0 atom stereocenters. The normalized spacial score (nSPS) is 10.2. The van der Waals surface area contributed by atoms with Gasteiger partial charge in [-0.3, -0.25) is 4.79 Å². The van der Waals surface area contributed by atoms with Crippen LogP contribution in [-0.4, -0.2) is 16.8 Å². The van der Waals surface area contributed by atoms with Crippen LogP contribution in [0.3, 0.4) is 0 Å². The molecule has 0 fully saturated rings. The van der Waals surface area contributed by atoms with E-state index in [0.29, 0.717) is 12.3 Å². The predicted octanol–water partition coefficient (Wildman–Crippen LogP) is 2.59. The number of nitrogens with one attached hydrogen (secondary N) is 1. The fourth-order valence-corrected chi connectivity index (χ4v) is 2.54. The Balaban J connectivity index is 1.80. The summed E-state index contributed by atoms with van der Waals surface area (Å²) in [6, 6.07) is 17.4. The number of hydrogen-bond donors (Lipinski definition) is 2. The Bertz CT molecular complexity index is 557. The van der Waals surface area contributed by atoms with E-state index >= 15 is 0 Å². The molecule has 0 aliphatic carbocycles. The number of thioether (sulfide) groups is 1. The summed E-state index contributed by atoms with van der Waals surface area (Å²) in [5, 5.41) is 12.1. The summed E-state index contributed by atoms with van der Waals surface area (Å²) in [7, 11) is 0. The van der Waals surface area contributed by atoms with Crippen molar-refractivity contribution in [2.45, 2.75) is 18.0 Å². The molecule has 0 bridgehead atoms. The summed E-state index contributed by atoms with van der Waals surface area (Å²) in [5.74, 6) is 0.386. The summed E-state index contributed by atoms with van der Waals surface area (Å²) in [6.07, 6.45) is 0. The Labute approximate surface area is 123 Å². The third kappa shape index (κ3) is 4.40. The lowest BCUT2D eigenvalue weighted by Gasteiger charge is -2.08. The van der Waals surface area contributed by atoms with Gasteiger partial charge in [0, 0.05) is 11.4 Å². The molecule has 0 saturated carbocycles. The summed E-state index contributed by atoms with van der Waals surface area (Å²) in [6.45, 7) is 0.440. The van der Waals surface area contributed by atoms with Crippen LogP contribution < -0.4 is 5.32 Å². The highest BCUT2D eigenvalue weighted by Gasteiger charge is 2.05. The van der Waals surface area contributed by atoms with E-state index in [0.717, 1.165) is 16.0 Å². The molecular formula is C16H17NO2S. The third-order valence-electron chi connectivity index (χ3n) is 2.88. The van der Waals surface area contributed by atoms with Gasteiger partial charge in [0.2, 0.25) is 5.91 Å². The van der Waals surface area contributed by atoms with Gasteiger partial charge in [-0.2, -0.15) is 0 Å². The van der Waals surface area contributed by atoms with E-state index in [2.05, 4.69) is 5.32 Å². The number of benzene rings is 2. The Morgan fingerprint density at radius 2 is 1.65 bits per heavy atom. The molecule has 1 amide bonds. The van der Waals surface area contributed by atoms with Crippen molar-refractivity contribution >= 4 is 17.7 Å². The minimum absolute atomic E-state index is 0.00778. The zero-order chi connectivity index (χ0) is 14.2. The minimum Gasteiger partial charge on any atom is -0.392 e. The van der Waals surface area contributed by atoms with Crippen molar-refractivity contribution in [1.82, 2.24) is 5.32 Å². The molecule has 0 aliphatic rings. The largest absolute Gasteiger partial charge is 0.392 e. The Morgan fingerprint density at radius 3 is 2.35 bits per heavy atom. The van der Waals surface area contributed by atoms with Gasteiger partial charge in [-0.1, -0.05) is 42.5 Å². The standard InChI is InChI=1S/C16H17NO2S/c18-11-14-7-5-4-6-13(14)10-17-16(19)12-20-15-8-2-1-3-9-15/h1-9,18H,10-12H2,(H,17,19). The van der Waals surface area contributed by atoms with Crippen molar-refractivity contribution in [3.8, 4) is 0 Å². The maximum atomic E-state index is 11.8. The monoisotopic (exact) mass is 287 g/mol. The molecule has 2 rings (SSSR count). The lowest BCUT2D eigenvalue weighted by molar-refractivity contribution is -0.118. The molecule has 2 aromatic rings. The van der Waals surface area contributed by atoms with Gasteiger partial charge in [0.25, 0.3) is 0 Å². The highest BCUT2D eigenvalue weighted by atomic mass is 32.2. The van der Waals surface area contributed by atoms with E-state index in [1.165, 1.54) is 11.8 Å². The summed E-state index contributed by atoms with van der Waals surface area (Å²) in [5.41, 5.74) is 1.80. The van der Waals surface area contributed by atoms with Gasteiger partial charge in [0.15, 0.2) is 0 Å². The van der Waals surface area contributed by atoms with E-state index in [9.17, 15) is 9.90 Å². The van der Waals surface area contributed by atoms with Crippen LogP contribution >= 0.6 is 11.8 Å². The van der Waals surface area contributed by atoms with Crippen molar-refractivity contribution in [2.24, 2.45) is 0 Å². The number of carbonyl (C=O) groups excluding carboxylic acids is 1. The Morgan fingerprint density at radius 1 is 1.00 bits per heavy atom. The second kappa shape index (κ2) is 7.72. The maximum absolute atomic E-state index is 11.8. The number of carbonyl (C=O) groups is 1. The molecule has 104 valence electrons. The Hall–Kier alpha value is -1.78. The summed E-state index contributed by atoms with van der Waals surface area (Å²) in [4.78, 5) is 12.9. The van der Waals surface area contributed by atoms with Crippen LogP contribution in [-0.2, 0) is 17.9 Å². The van der Waals surface area contributed by atoms with Crippen LogP contribution in [0.2, 0.25) is 0 Å². The number of rotatable bonds is 6. The predicted molar refractivity (Wildman–Crippen MR) is 81.4 cm³/mol. The molecule has 2 N–H and O–H groups in total. The number of amides is 1. The van der Waals surface area contributed by atoms with Crippen LogP contribution in [0.1, 0.15) is 11.1 Å². The molecule has 2 aromatic carbocycles. The van der Waals surface area contributed by atoms with Crippen LogP contribution in [0.5, 0.6) is 0 Å². The second-order valence-corrected chi connectivity index (χ2v) is 5.35. The first kappa shape index (κ1) is 14.6. The van der Waals surface area contributed by atoms with Crippen LogP contribution in [0.15, 0.2) is 59.5 Å². The third-order valence-corrected chi connectivity index (χ3v) is 3.89. The maximum Gasteiger partial charge on any atom is 0.230 e. The van der Waals surface area contributed by atoms with Crippen LogP contribution in [0.4, 0.5) is 0 Å². The van der Waals surface area contributed by atoms with Gasteiger partial charge in [-0.05, 0) is 23.3 Å². The zero-order valence-corrected chi connectivity index (χ0v) is 11.9. The lowest BCUT2D eigenvalue weighted by Crippen LogP contribution is -2.25. The van der Waals surface area contributed by atoms with E-state index < -0.39 is 0 Å². The van der Waals surface area contributed by atoms with Gasteiger partial charge in [0.1, 0.15) is 0 Å². The van der Waals surface area contributed by atoms with Crippen LogP contribution in [0, 0.1) is 0 Å². The van der Waals surface area contributed by atoms with Gasteiger partial charge in [-0.15, -0.1) is 11.8 Å². The molecule has 0 heterocycles. The van der Waals surface area contributed by atoms with Crippen molar-refractivity contribution in [3.05, 3.63) is 65.7 Å². The van der Waals surface area contributed by atoms with E-state index in [4.69, 9.17) is 0 Å².